The van der Waals surface area contributed by atoms with E-state index in [1.54, 1.807) is 0 Å². The first-order valence-electron chi connectivity index (χ1n) is 6.40. The van der Waals surface area contributed by atoms with Crippen LogP contribution in [-0.4, -0.2) is 23.7 Å². The van der Waals surface area contributed by atoms with E-state index in [9.17, 15) is 4.79 Å². The van der Waals surface area contributed by atoms with E-state index in [-0.39, 0.29) is 18.6 Å². The molecule has 98 valence electrons. The van der Waals surface area contributed by atoms with Gasteiger partial charge in [-0.2, -0.15) is 0 Å². The van der Waals surface area contributed by atoms with Crippen molar-refractivity contribution in [1.29, 1.82) is 0 Å². The summed E-state index contributed by atoms with van der Waals surface area (Å²) < 4.78 is 0. The summed E-state index contributed by atoms with van der Waals surface area (Å²) in [6, 6.07) is 7.34. The van der Waals surface area contributed by atoms with Crippen molar-refractivity contribution in [1.82, 2.24) is 5.32 Å². The van der Waals surface area contributed by atoms with Crippen LogP contribution in [0.4, 0.5) is 5.69 Å². The highest BCUT2D eigenvalue weighted by atomic mass is 16.3. The number of aliphatic hydroxyl groups excluding tert-OH is 1. The van der Waals surface area contributed by atoms with Gasteiger partial charge in [0.25, 0.3) is 0 Å². The average molecular weight is 248 g/mol. The van der Waals surface area contributed by atoms with Gasteiger partial charge < -0.3 is 16.2 Å². The maximum atomic E-state index is 12.3. The van der Waals surface area contributed by atoms with E-state index < -0.39 is 5.41 Å². The van der Waals surface area contributed by atoms with E-state index >= 15 is 0 Å². The molecular formula is C14H20N2O2. The lowest BCUT2D eigenvalue weighted by Gasteiger charge is -2.20. The molecule has 0 heterocycles. The van der Waals surface area contributed by atoms with Crippen molar-refractivity contribution in [3.8, 4) is 0 Å². The lowest BCUT2D eigenvalue weighted by molar-refractivity contribution is -0.124. The van der Waals surface area contributed by atoms with Crippen LogP contribution in [-0.2, 0) is 10.2 Å². The Bertz CT molecular complexity index is 420. The van der Waals surface area contributed by atoms with Gasteiger partial charge in [0.05, 0.1) is 18.1 Å². The molecule has 0 saturated heterocycles. The summed E-state index contributed by atoms with van der Waals surface area (Å²) in [5.41, 5.74) is 6.99. The molecule has 18 heavy (non-hydrogen) atoms. The number of nitrogens with two attached hydrogens (primary N) is 1. The van der Waals surface area contributed by atoms with Crippen molar-refractivity contribution >= 4 is 11.6 Å². The van der Waals surface area contributed by atoms with E-state index in [1.807, 2.05) is 31.2 Å². The normalized spacial score (nSPS) is 18.1. The zero-order chi connectivity index (χ0) is 13.2. The van der Waals surface area contributed by atoms with Gasteiger partial charge in [0, 0.05) is 5.69 Å². The molecule has 1 aromatic carbocycles. The number of hydrogen-bond donors (Lipinski definition) is 3. The van der Waals surface area contributed by atoms with Gasteiger partial charge in [-0.1, -0.05) is 19.1 Å². The Labute approximate surface area is 107 Å². The Kier molecular flexibility index (Phi) is 3.57. The van der Waals surface area contributed by atoms with Crippen molar-refractivity contribution in [3.63, 3.8) is 0 Å². The standard InChI is InChI=1S/C14H20N2O2/c1-2-12(9-17)16-13(18)14(7-8-14)10-3-5-11(15)6-4-10/h3-6,12,17H,2,7-9,15H2,1H3,(H,16,18)/t12-/m1/s1. The number of nitrogens with one attached hydrogen (secondary N) is 1. The number of benzene rings is 1. The molecule has 1 saturated carbocycles. The van der Waals surface area contributed by atoms with Crippen LogP contribution in [0.1, 0.15) is 31.7 Å². The van der Waals surface area contributed by atoms with Crippen molar-refractivity contribution < 1.29 is 9.90 Å². The van der Waals surface area contributed by atoms with Gasteiger partial charge >= 0.3 is 0 Å². The molecule has 0 radical (unpaired) electrons. The largest absolute Gasteiger partial charge is 0.399 e. The van der Waals surface area contributed by atoms with Gasteiger partial charge in [-0.05, 0) is 37.0 Å². The molecule has 0 aliphatic heterocycles. The number of aliphatic hydroxyl groups is 1. The highest BCUT2D eigenvalue weighted by Crippen LogP contribution is 2.48. The fourth-order valence-corrected chi connectivity index (χ4v) is 2.17. The van der Waals surface area contributed by atoms with E-state index in [0.29, 0.717) is 5.69 Å². The number of carbonyl (C=O) groups excluding carboxylic acids is 1. The molecule has 1 atom stereocenters. The minimum absolute atomic E-state index is 0.0138. The minimum Gasteiger partial charge on any atom is -0.399 e. The monoisotopic (exact) mass is 248 g/mol. The topological polar surface area (TPSA) is 75.3 Å². The predicted octanol–water partition coefficient (Wildman–Crippen LogP) is 1.19. The van der Waals surface area contributed by atoms with Gasteiger partial charge in [-0.3, -0.25) is 4.79 Å². The maximum Gasteiger partial charge on any atom is 0.230 e. The van der Waals surface area contributed by atoms with Gasteiger partial charge in [-0.15, -0.1) is 0 Å². The predicted molar refractivity (Wildman–Crippen MR) is 71.1 cm³/mol. The van der Waals surface area contributed by atoms with Gasteiger partial charge in [0.15, 0.2) is 0 Å². The molecule has 1 amide bonds. The van der Waals surface area contributed by atoms with Gasteiger partial charge in [0.1, 0.15) is 0 Å². The Morgan fingerprint density at radius 2 is 2.06 bits per heavy atom. The second kappa shape index (κ2) is 4.98. The van der Waals surface area contributed by atoms with Crippen LogP contribution in [0.25, 0.3) is 0 Å². The fraction of sp³-hybridized carbons (Fsp3) is 0.500. The summed E-state index contributed by atoms with van der Waals surface area (Å²) in [7, 11) is 0. The molecule has 4 heteroatoms. The maximum absolute atomic E-state index is 12.3. The van der Waals surface area contributed by atoms with Crippen LogP contribution < -0.4 is 11.1 Å². The summed E-state index contributed by atoms with van der Waals surface area (Å²) in [4.78, 5) is 12.3. The van der Waals surface area contributed by atoms with Crippen LogP contribution in [0, 0.1) is 0 Å². The van der Waals surface area contributed by atoms with E-state index in [1.165, 1.54) is 0 Å². The Morgan fingerprint density at radius 1 is 1.44 bits per heavy atom. The van der Waals surface area contributed by atoms with Crippen molar-refractivity contribution in [2.75, 3.05) is 12.3 Å². The van der Waals surface area contributed by atoms with Crippen molar-refractivity contribution in [2.45, 2.75) is 37.6 Å². The molecule has 0 spiro atoms. The number of nitrogen functional groups attached to an aromatic ring is 1. The Hall–Kier alpha value is -1.55. The number of amides is 1. The molecule has 0 bridgehead atoms. The molecule has 1 aliphatic carbocycles. The second-order valence-electron chi connectivity index (χ2n) is 4.97. The summed E-state index contributed by atoms with van der Waals surface area (Å²) in [6.45, 7) is 1.93. The smallest absolute Gasteiger partial charge is 0.230 e. The highest BCUT2D eigenvalue weighted by Gasteiger charge is 2.51. The molecule has 1 aromatic rings. The second-order valence-corrected chi connectivity index (χ2v) is 4.97. The summed E-state index contributed by atoms with van der Waals surface area (Å²) in [5, 5.41) is 12.0. The lowest BCUT2D eigenvalue weighted by Crippen LogP contribution is -2.43. The molecule has 0 aromatic heterocycles. The third kappa shape index (κ3) is 2.34. The number of rotatable bonds is 5. The Morgan fingerprint density at radius 3 is 2.50 bits per heavy atom. The van der Waals surface area contributed by atoms with Crippen LogP contribution >= 0.6 is 0 Å². The van der Waals surface area contributed by atoms with Crippen molar-refractivity contribution in [2.24, 2.45) is 0 Å². The molecule has 4 nitrogen and oxygen atoms in total. The minimum atomic E-state index is -0.393. The molecule has 0 unspecified atom stereocenters. The molecular weight excluding hydrogens is 228 g/mol. The first kappa shape index (κ1) is 12.9. The number of carbonyl (C=O) groups is 1. The van der Waals surface area contributed by atoms with Crippen LogP contribution in [0.2, 0.25) is 0 Å². The first-order valence-corrected chi connectivity index (χ1v) is 6.40. The third-order valence-corrected chi connectivity index (χ3v) is 3.70. The fourth-order valence-electron chi connectivity index (χ4n) is 2.17. The summed E-state index contributed by atoms with van der Waals surface area (Å²) in [6.07, 6.45) is 2.47. The van der Waals surface area contributed by atoms with Gasteiger partial charge in [-0.25, -0.2) is 0 Å². The summed E-state index contributed by atoms with van der Waals surface area (Å²) >= 11 is 0. The quantitative estimate of drug-likeness (QED) is 0.685. The number of anilines is 1. The van der Waals surface area contributed by atoms with E-state index in [0.717, 1.165) is 24.8 Å². The zero-order valence-corrected chi connectivity index (χ0v) is 10.6. The molecule has 1 fully saturated rings. The molecule has 4 N–H and O–H groups in total. The van der Waals surface area contributed by atoms with Crippen LogP contribution in [0.5, 0.6) is 0 Å². The molecule has 2 rings (SSSR count). The van der Waals surface area contributed by atoms with Crippen LogP contribution in [0.3, 0.4) is 0 Å². The SMILES string of the molecule is CC[C@H](CO)NC(=O)C1(c2ccc(N)cc2)CC1. The van der Waals surface area contributed by atoms with Crippen LogP contribution in [0.15, 0.2) is 24.3 Å². The van der Waals surface area contributed by atoms with Crippen molar-refractivity contribution in [3.05, 3.63) is 29.8 Å². The molecule has 1 aliphatic rings. The van der Waals surface area contributed by atoms with E-state index in [4.69, 9.17) is 10.8 Å². The average Bonchev–Trinajstić information content (AvgIpc) is 3.18. The summed E-state index contributed by atoms with van der Waals surface area (Å²) in [5.74, 6) is 0.0215. The Balaban J connectivity index is 2.11. The first-order chi connectivity index (χ1) is 8.62. The number of hydrogen-bond acceptors (Lipinski definition) is 3. The van der Waals surface area contributed by atoms with Gasteiger partial charge in [0.2, 0.25) is 5.91 Å². The highest BCUT2D eigenvalue weighted by molar-refractivity contribution is 5.91. The lowest BCUT2D eigenvalue weighted by atomic mass is 9.94. The van der Waals surface area contributed by atoms with E-state index in [2.05, 4.69) is 5.32 Å². The third-order valence-electron chi connectivity index (χ3n) is 3.70. The zero-order valence-electron chi connectivity index (χ0n) is 10.6.